The molecule has 0 aliphatic heterocycles. The summed E-state index contributed by atoms with van der Waals surface area (Å²) in [6.45, 7) is 0. The van der Waals surface area contributed by atoms with E-state index in [2.05, 4.69) is 6.07 Å². The van der Waals surface area contributed by atoms with Crippen LogP contribution in [0.15, 0.2) is 30.3 Å². The van der Waals surface area contributed by atoms with Crippen molar-refractivity contribution in [3.8, 4) is 0 Å². The van der Waals surface area contributed by atoms with Gasteiger partial charge in [0.25, 0.3) is 0 Å². The second-order valence-electron chi connectivity index (χ2n) is 1.08. The number of rotatable bonds is 0. The minimum absolute atomic E-state index is 0. The molecule has 8 heavy (non-hydrogen) atoms. The summed E-state index contributed by atoms with van der Waals surface area (Å²) in [5.74, 6) is 0. The van der Waals surface area contributed by atoms with Crippen molar-refractivity contribution < 1.29 is 56.9 Å². The zero-order valence-electron chi connectivity index (χ0n) is 4.89. The van der Waals surface area contributed by atoms with Gasteiger partial charge in [-0.15, -0.1) is 0 Å². The molecule has 1 nitrogen and oxygen atoms in total. The molecule has 38 valence electrons. The normalized spacial score (nSPS) is 6.00. The summed E-state index contributed by atoms with van der Waals surface area (Å²) in [6.07, 6.45) is 0. The summed E-state index contributed by atoms with van der Waals surface area (Å²) in [5, 5.41) is 0. The Labute approximate surface area is 91.8 Å². The Hall–Kier alpha value is 0.816. The van der Waals surface area contributed by atoms with E-state index in [0.717, 1.165) is 0 Å². The summed E-state index contributed by atoms with van der Waals surface area (Å²) < 4.78 is 0. The molecule has 0 saturated heterocycles. The fraction of sp³-hybridized carbons (Fsp3) is 0. The Balaban J connectivity index is 0. The molecule has 1 rings (SSSR count). The van der Waals surface area contributed by atoms with Gasteiger partial charge in [0.05, 0.1) is 0 Å². The van der Waals surface area contributed by atoms with Crippen molar-refractivity contribution in [2.75, 3.05) is 0 Å². The number of hydrogen-bond acceptors (Lipinski definition) is 0. The molecule has 0 saturated carbocycles. The molecule has 0 spiro atoms. The van der Waals surface area contributed by atoms with E-state index in [0.29, 0.717) is 0 Å². The molecule has 0 aliphatic carbocycles. The third-order valence-corrected chi connectivity index (χ3v) is 0.607. The minimum Gasteiger partial charge on any atom is -0.412 e. The fourth-order valence-corrected chi connectivity index (χ4v) is 0.342. The largest absolute Gasteiger partial charge is 1.00 e. The van der Waals surface area contributed by atoms with Gasteiger partial charge in [-0.25, -0.2) is 0 Å². The first-order valence-electron chi connectivity index (χ1n) is 1.91. The first-order valence-corrected chi connectivity index (χ1v) is 1.91. The maximum Gasteiger partial charge on any atom is 1.00 e. The van der Waals surface area contributed by atoms with Crippen LogP contribution in [0.4, 0.5) is 0 Å². The summed E-state index contributed by atoms with van der Waals surface area (Å²) in [6, 6.07) is 12.5. The van der Waals surface area contributed by atoms with Crippen LogP contribution >= 0.6 is 0 Å². The summed E-state index contributed by atoms with van der Waals surface area (Å²) >= 11 is 0. The van der Waals surface area contributed by atoms with Crippen molar-refractivity contribution in [1.29, 1.82) is 0 Å². The Morgan fingerprint density at radius 2 is 1.38 bits per heavy atom. The Kier molecular flexibility index (Phi) is 11.3. The molecule has 0 heterocycles. The van der Waals surface area contributed by atoms with Crippen molar-refractivity contribution in [3.05, 3.63) is 36.4 Å². The van der Waals surface area contributed by atoms with Crippen LogP contribution in [0, 0.1) is 6.07 Å². The van der Waals surface area contributed by atoms with E-state index in [-0.39, 0.29) is 56.9 Å². The van der Waals surface area contributed by atoms with Gasteiger partial charge in [0, 0.05) is 0 Å². The van der Waals surface area contributed by atoms with Crippen molar-refractivity contribution in [1.82, 2.24) is 0 Å². The van der Waals surface area contributed by atoms with Crippen LogP contribution in [0.25, 0.3) is 0 Å². The zero-order valence-corrected chi connectivity index (χ0v) is 8.01. The Morgan fingerprint density at radius 3 is 1.50 bits per heavy atom. The predicted octanol–water partition coefficient (Wildman–Crippen LogP) is -2.33. The van der Waals surface area contributed by atoms with Crippen LogP contribution < -0.4 is 51.4 Å². The SMILES string of the molecule is O.[K+].[c-]1ccccc1. The van der Waals surface area contributed by atoms with Gasteiger partial charge in [-0.1, -0.05) is 0 Å². The van der Waals surface area contributed by atoms with E-state index in [1.807, 2.05) is 30.3 Å². The maximum absolute atomic E-state index is 2.89. The van der Waals surface area contributed by atoms with E-state index >= 15 is 0 Å². The molecule has 0 amide bonds. The second-order valence-corrected chi connectivity index (χ2v) is 1.08. The average molecular weight is 134 g/mol. The third-order valence-electron chi connectivity index (χ3n) is 0.607. The third kappa shape index (κ3) is 4.96. The van der Waals surface area contributed by atoms with E-state index in [4.69, 9.17) is 0 Å². The molecule has 0 aromatic heterocycles. The quantitative estimate of drug-likeness (QED) is 0.281. The van der Waals surface area contributed by atoms with Crippen LogP contribution in [0.5, 0.6) is 0 Å². The molecular formula is C6H7KO. The molecule has 0 bridgehead atoms. The predicted molar refractivity (Wildman–Crippen MR) is 28.9 cm³/mol. The number of benzene rings is 1. The molecule has 1 aromatic carbocycles. The van der Waals surface area contributed by atoms with Gasteiger partial charge in [0.2, 0.25) is 0 Å². The van der Waals surface area contributed by atoms with Gasteiger partial charge in [-0.3, -0.25) is 0 Å². The van der Waals surface area contributed by atoms with Crippen molar-refractivity contribution >= 4 is 0 Å². The van der Waals surface area contributed by atoms with E-state index in [9.17, 15) is 0 Å². The summed E-state index contributed by atoms with van der Waals surface area (Å²) in [7, 11) is 0. The molecular weight excluding hydrogens is 127 g/mol. The fourth-order valence-electron chi connectivity index (χ4n) is 0.342. The van der Waals surface area contributed by atoms with E-state index in [1.54, 1.807) is 0 Å². The zero-order chi connectivity index (χ0) is 4.24. The monoisotopic (exact) mass is 134 g/mol. The molecule has 2 heteroatoms. The standard InChI is InChI=1S/C6H5.K.H2O/c1-2-4-6-5-3-1;;/h1-5H;;1H2/q-1;+1;. The van der Waals surface area contributed by atoms with Gasteiger partial charge in [-0.05, 0) is 0 Å². The second kappa shape index (κ2) is 7.82. The average Bonchev–Trinajstić information content (AvgIpc) is 1.72. The first-order chi connectivity index (χ1) is 3.00. The first kappa shape index (κ1) is 11.6. The molecule has 1 aromatic rings. The summed E-state index contributed by atoms with van der Waals surface area (Å²) in [5.41, 5.74) is 0. The molecule has 0 radical (unpaired) electrons. The molecule has 0 atom stereocenters. The number of hydrogen-bond donors (Lipinski definition) is 0. The van der Waals surface area contributed by atoms with E-state index in [1.165, 1.54) is 0 Å². The van der Waals surface area contributed by atoms with Crippen LogP contribution in [-0.2, 0) is 0 Å². The Bertz CT molecular complexity index is 80.5. The maximum atomic E-state index is 2.89. The van der Waals surface area contributed by atoms with Gasteiger partial charge < -0.3 is 5.48 Å². The van der Waals surface area contributed by atoms with Gasteiger partial charge in [0.1, 0.15) is 0 Å². The Morgan fingerprint density at radius 1 is 0.875 bits per heavy atom. The van der Waals surface area contributed by atoms with Crippen LogP contribution in [0.1, 0.15) is 0 Å². The van der Waals surface area contributed by atoms with Crippen molar-refractivity contribution in [2.24, 2.45) is 0 Å². The van der Waals surface area contributed by atoms with Crippen LogP contribution in [0.3, 0.4) is 0 Å². The van der Waals surface area contributed by atoms with Crippen LogP contribution in [-0.4, -0.2) is 5.48 Å². The molecule has 2 N–H and O–H groups in total. The topological polar surface area (TPSA) is 31.5 Å². The van der Waals surface area contributed by atoms with Gasteiger partial charge >= 0.3 is 51.4 Å². The smallest absolute Gasteiger partial charge is 0.412 e. The van der Waals surface area contributed by atoms with Crippen molar-refractivity contribution in [2.45, 2.75) is 0 Å². The van der Waals surface area contributed by atoms with Crippen LogP contribution in [0.2, 0.25) is 0 Å². The molecule has 0 unspecified atom stereocenters. The molecule has 0 aliphatic rings. The van der Waals surface area contributed by atoms with Gasteiger partial charge in [-0.2, -0.15) is 36.4 Å². The minimum atomic E-state index is 0. The van der Waals surface area contributed by atoms with Crippen molar-refractivity contribution in [3.63, 3.8) is 0 Å². The molecule has 0 fully saturated rings. The summed E-state index contributed by atoms with van der Waals surface area (Å²) in [4.78, 5) is 0. The van der Waals surface area contributed by atoms with E-state index < -0.39 is 0 Å². The van der Waals surface area contributed by atoms with Gasteiger partial charge in [0.15, 0.2) is 0 Å².